The van der Waals surface area contributed by atoms with E-state index in [0.717, 1.165) is 5.56 Å². The maximum Gasteiger partial charge on any atom is 0.190 e. The number of aromatic amines is 1. The van der Waals surface area contributed by atoms with Gasteiger partial charge in [-0.25, -0.2) is 0 Å². The fourth-order valence-corrected chi connectivity index (χ4v) is 2.05. The van der Waals surface area contributed by atoms with Crippen molar-refractivity contribution in [2.24, 2.45) is 0 Å². The maximum absolute atomic E-state index is 12.0. The van der Waals surface area contributed by atoms with Crippen molar-refractivity contribution in [3.63, 3.8) is 0 Å². The molecule has 19 heavy (non-hydrogen) atoms. The monoisotopic (exact) mass is 253 g/mol. The average Bonchev–Trinajstić information content (AvgIpc) is 2.41. The zero-order valence-corrected chi connectivity index (χ0v) is 9.92. The number of hydrogen-bond donors (Lipinski definition) is 3. The molecular formula is C15H11NO3. The number of pyridine rings is 1. The number of hydrogen-bond acceptors (Lipinski definition) is 3. The molecule has 94 valence electrons. The number of rotatable bonds is 1. The van der Waals surface area contributed by atoms with Gasteiger partial charge in [-0.05, 0) is 42.0 Å². The largest absolute Gasteiger partial charge is 0.508 e. The molecule has 0 fully saturated rings. The molecule has 0 atom stereocenters. The SMILES string of the molecule is O=c1cc(-c2ccc(O)cc2)[nH]c2c(O)cccc12. The van der Waals surface area contributed by atoms with Crippen molar-refractivity contribution in [3.8, 4) is 22.8 Å². The molecule has 0 spiro atoms. The summed E-state index contributed by atoms with van der Waals surface area (Å²) in [7, 11) is 0. The highest BCUT2D eigenvalue weighted by Crippen LogP contribution is 2.24. The summed E-state index contributed by atoms with van der Waals surface area (Å²) in [4.78, 5) is 15.1. The highest BCUT2D eigenvalue weighted by molar-refractivity contribution is 5.86. The smallest absolute Gasteiger partial charge is 0.190 e. The number of aromatic hydroxyl groups is 2. The first-order valence-electron chi connectivity index (χ1n) is 5.79. The van der Waals surface area contributed by atoms with Crippen LogP contribution in [0.4, 0.5) is 0 Å². The first kappa shape index (κ1) is 11.3. The summed E-state index contributed by atoms with van der Waals surface area (Å²) in [5.74, 6) is 0.199. The fourth-order valence-electron chi connectivity index (χ4n) is 2.05. The van der Waals surface area contributed by atoms with Crippen LogP contribution in [0, 0.1) is 0 Å². The molecule has 0 amide bonds. The van der Waals surface area contributed by atoms with E-state index in [1.165, 1.54) is 12.1 Å². The Kier molecular flexibility index (Phi) is 2.49. The van der Waals surface area contributed by atoms with Crippen molar-refractivity contribution in [1.29, 1.82) is 0 Å². The predicted molar refractivity (Wildman–Crippen MR) is 73.3 cm³/mol. The summed E-state index contributed by atoms with van der Waals surface area (Å²) >= 11 is 0. The van der Waals surface area contributed by atoms with Gasteiger partial charge < -0.3 is 15.2 Å². The van der Waals surface area contributed by atoms with Crippen LogP contribution in [0.2, 0.25) is 0 Å². The lowest BCUT2D eigenvalue weighted by molar-refractivity contribution is 0.475. The van der Waals surface area contributed by atoms with Gasteiger partial charge in [0.15, 0.2) is 5.43 Å². The van der Waals surface area contributed by atoms with Crippen molar-refractivity contribution >= 4 is 10.9 Å². The standard InChI is InChI=1S/C15H11NO3/c17-10-6-4-9(5-7-10)12-8-14(19)11-2-1-3-13(18)15(11)16-12/h1-8,17-18H,(H,16,19). The van der Waals surface area contributed by atoms with Crippen LogP contribution >= 0.6 is 0 Å². The maximum atomic E-state index is 12.0. The van der Waals surface area contributed by atoms with Gasteiger partial charge in [-0.2, -0.15) is 0 Å². The summed E-state index contributed by atoms with van der Waals surface area (Å²) in [6.07, 6.45) is 0. The number of nitrogens with one attached hydrogen (secondary N) is 1. The van der Waals surface area contributed by atoms with E-state index < -0.39 is 0 Å². The molecule has 4 nitrogen and oxygen atoms in total. The Bertz CT molecular complexity index is 804. The second kappa shape index (κ2) is 4.17. The molecule has 0 saturated carbocycles. The average molecular weight is 253 g/mol. The summed E-state index contributed by atoms with van der Waals surface area (Å²) < 4.78 is 0. The lowest BCUT2D eigenvalue weighted by Crippen LogP contribution is -2.02. The van der Waals surface area contributed by atoms with Gasteiger partial charge in [0.1, 0.15) is 11.5 Å². The molecule has 0 aliphatic rings. The summed E-state index contributed by atoms with van der Waals surface area (Å²) in [6.45, 7) is 0. The van der Waals surface area contributed by atoms with Crippen LogP contribution in [-0.2, 0) is 0 Å². The van der Waals surface area contributed by atoms with Gasteiger partial charge in [-0.1, -0.05) is 6.07 Å². The Balaban J connectivity index is 2.29. The third-order valence-electron chi connectivity index (χ3n) is 3.02. The zero-order valence-electron chi connectivity index (χ0n) is 9.92. The van der Waals surface area contributed by atoms with Crippen molar-refractivity contribution in [3.05, 3.63) is 58.8 Å². The van der Waals surface area contributed by atoms with Crippen molar-refractivity contribution in [2.45, 2.75) is 0 Å². The predicted octanol–water partition coefficient (Wildman–Crippen LogP) is 2.61. The van der Waals surface area contributed by atoms with Gasteiger partial charge in [-0.15, -0.1) is 0 Å². The van der Waals surface area contributed by atoms with E-state index in [2.05, 4.69) is 4.98 Å². The lowest BCUT2D eigenvalue weighted by Gasteiger charge is -2.06. The molecule has 3 N–H and O–H groups in total. The summed E-state index contributed by atoms with van der Waals surface area (Å²) in [5, 5.41) is 19.5. The van der Waals surface area contributed by atoms with Gasteiger partial charge in [0.2, 0.25) is 0 Å². The Labute approximate surface area is 108 Å². The van der Waals surface area contributed by atoms with Crippen LogP contribution < -0.4 is 5.43 Å². The van der Waals surface area contributed by atoms with Gasteiger partial charge in [0.05, 0.1) is 5.52 Å². The van der Waals surface area contributed by atoms with Crippen LogP contribution in [-0.4, -0.2) is 15.2 Å². The second-order valence-corrected chi connectivity index (χ2v) is 4.29. The minimum Gasteiger partial charge on any atom is -0.508 e. The molecule has 0 unspecified atom stereocenters. The molecule has 3 rings (SSSR count). The van der Waals surface area contributed by atoms with E-state index in [-0.39, 0.29) is 16.9 Å². The molecule has 3 aromatic rings. The topological polar surface area (TPSA) is 73.3 Å². The second-order valence-electron chi connectivity index (χ2n) is 4.29. The third kappa shape index (κ3) is 1.93. The Hall–Kier alpha value is -2.75. The molecule has 1 aromatic heterocycles. The fraction of sp³-hybridized carbons (Fsp3) is 0. The highest BCUT2D eigenvalue weighted by atomic mass is 16.3. The van der Waals surface area contributed by atoms with E-state index in [4.69, 9.17) is 0 Å². The van der Waals surface area contributed by atoms with Crippen molar-refractivity contribution in [2.75, 3.05) is 0 Å². The lowest BCUT2D eigenvalue weighted by atomic mass is 10.1. The van der Waals surface area contributed by atoms with Crippen LogP contribution in [0.5, 0.6) is 11.5 Å². The van der Waals surface area contributed by atoms with E-state index in [9.17, 15) is 15.0 Å². The number of benzene rings is 2. The quantitative estimate of drug-likeness (QED) is 0.624. The normalized spacial score (nSPS) is 10.7. The minimum atomic E-state index is -0.160. The van der Waals surface area contributed by atoms with E-state index in [1.807, 2.05) is 0 Å². The number of aromatic nitrogens is 1. The Morgan fingerprint density at radius 1 is 0.947 bits per heavy atom. The number of phenolic OH excluding ortho intramolecular Hbond substituents is 2. The Morgan fingerprint density at radius 2 is 1.68 bits per heavy atom. The third-order valence-corrected chi connectivity index (χ3v) is 3.02. The van der Waals surface area contributed by atoms with Crippen LogP contribution in [0.3, 0.4) is 0 Å². The molecule has 0 aliphatic heterocycles. The molecule has 0 bridgehead atoms. The zero-order chi connectivity index (χ0) is 13.4. The van der Waals surface area contributed by atoms with Crippen molar-refractivity contribution in [1.82, 2.24) is 4.98 Å². The molecule has 0 aliphatic carbocycles. The van der Waals surface area contributed by atoms with E-state index in [1.54, 1.807) is 36.4 Å². The molecule has 4 heteroatoms. The molecule has 0 saturated heterocycles. The number of fused-ring (bicyclic) bond motifs is 1. The van der Waals surface area contributed by atoms with Gasteiger partial charge >= 0.3 is 0 Å². The van der Waals surface area contributed by atoms with Crippen LogP contribution in [0.15, 0.2) is 53.3 Å². The van der Waals surface area contributed by atoms with E-state index in [0.29, 0.717) is 16.6 Å². The molecule has 1 heterocycles. The molecular weight excluding hydrogens is 242 g/mol. The van der Waals surface area contributed by atoms with Crippen molar-refractivity contribution < 1.29 is 10.2 Å². The van der Waals surface area contributed by atoms with Gasteiger partial charge in [0, 0.05) is 17.1 Å². The van der Waals surface area contributed by atoms with Crippen LogP contribution in [0.25, 0.3) is 22.2 Å². The summed E-state index contributed by atoms with van der Waals surface area (Å²) in [5.41, 5.74) is 1.62. The first-order valence-corrected chi connectivity index (χ1v) is 5.79. The van der Waals surface area contributed by atoms with E-state index >= 15 is 0 Å². The van der Waals surface area contributed by atoms with Crippen LogP contribution in [0.1, 0.15) is 0 Å². The summed E-state index contributed by atoms with van der Waals surface area (Å²) in [6, 6.07) is 12.8. The van der Waals surface area contributed by atoms with Gasteiger partial charge in [0.25, 0.3) is 0 Å². The molecule has 0 radical (unpaired) electrons. The molecule has 2 aromatic carbocycles. The minimum absolute atomic E-state index is 0.0372. The van der Waals surface area contributed by atoms with Gasteiger partial charge in [-0.3, -0.25) is 4.79 Å². The Morgan fingerprint density at radius 3 is 2.42 bits per heavy atom. The highest BCUT2D eigenvalue weighted by Gasteiger charge is 2.07. The number of para-hydroxylation sites is 1. The number of phenols is 2. The number of H-pyrrole nitrogens is 1. The first-order chi connectivity index (χ1) is 9.15.